The van der Waals surface area contributed by atoms with E-state index in [9.17, 15) is 9.59 Å². The lowest BCUT2D eigenvalue weighted by atomic mass is 9.87. The van der Waals surface area contributed by atoms with E-state index < -0.39 is 5.97 Å². The molecule has 0 unspecified atom stereocenters. The van der Waals surface area contributed by atoms with Gasteiger partial charge in [0.15, 0.2) is 0 Å². The molecule has 0 fully saturated rings. The van der Waals surface area contributed by atoms with Crippen molar-refractivity contribution in [2.45, 2.75) is 46.0 Å². The van der Waals surface area contributed by atoms with Crippen LogP contribution in [0.2, 0.25) is 5.02 Å². The smallest absolute Gasteiger partial charge is 0.341 e. The quantitative estimate of drug-likeness (QED) is 0.261. The Bertz CT molecular complexity index is 1160. The molecule has 1 N–H and O–H groups in total. The number of benzene rings is 2. The molecule has 0 bridgehead atoms. The number of aryl methyl sites for hydroxylation is 1. The standard InChI is InChI=1S/C27H30ClNO4S/c1-17-23(18-8-6-9-20(28)16-18)24(26(31)32-5)25(34-17)29-22(30)10-7-15-33-21-13-11-19(12-14-21)27(2,3)4/h6,8-9,11-14,16H,7,10,15H2,1-5H3,(H,29,30). The van der Waals surface area contributed by atoms with Crippen LogP contribution in [-0.2, 0) is 14.9 Å². The Hall–Kier alpha value is -2.83. The molecule has 0 aliphatic carbocycles. The van der Waals surface area contributed by atoms with Gasteiger partial charge in [-0.1, -0.05) is 56.6 Å². The van der Waals surface area contributed by atoms with E-state index in [0.717, 1.165) is 21.8 Å². The number of anilines is 1. The summed E-state index contributed by atoms with van der Waals surface area (Å²) < 4.78 is 10.8. The molecule has 2 aromatic carbocycles. The van der Waals surface area contributed by atoms with Crippen LogP contribution < -0.4 is 10.1 Å². The van der Waals surface area contributed by atoms with Crippen LogP contribution >= 0.6 is 22.9 Å². The topological polar surface area (TPSA) is 64.6 Å². The van der Waals surface area contributed by atoms with Crippen LogP contribution in [0.4, 0.5) is 5.00 Å². The molecule has 3 aromatic rings. The average Bonchev–Trinajstić information content (AvgIpc) is 3.11. The second kappa shape index (κ2) is 11.1. The Balaban J connectivity index is 1.63. The molecule has 5 nitrogen and oxygen atoms in total. The lowest BCUT2D eigenvalue weighted by Crippen LogP contribution is -2.15. The summed E-state index contributed by atoms with van der Waals surface area (Å²) in [5, 5.41) is 3.93. The molecule has 0 aliphatic rings. The molecule has 3 rings (SSSR count). The number of thiophene rings is 1. The highest BCUT2D eigenvalue weighted by molar-refractivity contribution is 7.17. The second-order valence-corrected chi connectivity index (χ2v) is 10.7. The molecule has 0 aliphatic heterocycles. The molecule has 0 atom stereocenters. The van der Waals surface area contributed by atoms with Gasteiger partial charge < -0.3 is 14.8 Å². The van der Waals surface area contributed by atoms with Gasteiger partial charge in [0.05, 0.1) is 13.7 Å². The van der Waals surface area contributed by atoms with Crippen molar-refractivity contribution in [3.05, 3.63) is 69.6 Å². The van der Waals surface area contributed by atoms with Crippen molar-refractivity contribution in [1.29, 1.82) is 0 Å². The van der Waals surface area contributed by atoms with Gasteiger partial charge in [-0.25, -0.2) is 4.79 Å². The summed E-state index contributed by atoms with van der Waals surface area (Å²) in [6, 6.07) is 15.3. The predicted octanol–water partition coefficient (Wildman–Crippen LogP) is 7.26. The Labute approximate surface area is 210 Å². The van der Waals surface area contributed by atoms with Gasteiger partial charge in [-0.05, 0) is 54.2 Å². The number of ether oxygens (including phenoxy) is 2. The lowest BCUT2D eigenvalue weighted by molar-refractivity contribution is -0.116. The zero-order chi connectivity index (χ0) is 24.9. The monoisotopic (exact) mass is 499 g/mol. The van der Waals surface area contributed by atoms with Crippen LogP contribution in [0.3, 0.4) is 0 Å². The zero-order valence-electron chi connectivity index (χ0n) is 20.2. The predicted molar refractivity (Wildman–Crippen MR) is 139 cm³/mol. The van der Waals surface area contributed by atoms with Crippen molar-refractivity contribution in [2.24, 2.45) is 0 Å². The summed E-state index contributed by atoms with van der Waals surface area (Å²) in [5.74, 6) is 0.0915. The molecule has 7 heteroatoms. The highest BCUT2D eigenvalue weighted by Gasteiger charge is 2.25. The fourth-order valence-corrected chi connectivity index (χ4v) is 4.85. The zero-order valence-corrected chi connectivity index (χ0v) is 21.7. The molecular weight excluding hydrogens is 470 g/mol. The number of esters is 1. The van der Waals surface area contributed by atoms with Gasteiger partial charge in [-0.2, -0.15) is 0 Å². The molecule has 34 heavy (non-hydrogen) atoms. The Kier molecular flexibility index (Phi) is 8.39. The highest BCUT2D eigenvalue weighted by Crippen LogP contribution is 2.41. The van der Waals surface area contributed by atoms with E-state index in [1.54, 1.807) is 12.1 Å². The molecule has 0 saturated carbocycles. The maximum absolute atomic E-state index is 12.6. The number of rotatable bonds is 8. The summed E-state index contributed by atoms with van der Waals surface area (Å²) in [4.78, 5) is 26.1. The number of methoxy groups -OCH3 is 1. The van der Waals surface area contributed by atoms with Crippen molar-refractivity contribution in [3.63, 3.8) is 0 Å². The number of hydrogen-bond acceptors (Lipinski definition) is 5. The van der Waals surface area contributed by atoms with Crippen LogP contribution in [0, 0.1) is 6.92 Å². The molecule has 1 aromatic heterocycles. The molecule has 1 amide bonds. The first kappa shape index (κ1) is 25.8. The van der Waals surface area contributed by atoms with Crippen LogP contribution in [0.25, 0.3) is 11.1 Å². The van der Waals surface area contributed by atoms with Crippen molar-refractivity contribution < 1.29 is 19.1 Å². The fourth-order valence-electron chi connectivity index (χ4n) is 3.58. The van der Waals surface area contributed by atoms with Gasteiger partial charge >= 0.3 is 5.97 Å². The van der Waals surface area contributed by atoms with E-state index in [1.165, 1.54) is 24.0 Å². The maximum Gasteiger partial charge on any atom is 0.341 e. The number of nitrogens with one attached hydrogen (secondary N) is 1. The first-order valence-corrected chi connectivity index (χ1v) is 12.3. The first-order valence-electron chi connectivity index (χ1n) is 11.1. The summed E-state index contributed by atoms with van der Waals surface area (Å²) in [6.07, 6.45) is 0.816. The number of carbonyl (C=O) groups is 2. The third kappa shape index (κ3) is 6.39. The summed E-state index contributed by atoms with van der Waals surface area (Å²) in [6.45, 7) is 8.82. The first-order chi connectivity index (χ1) is 16.1. The number of carbonyl (C=O) groups excluding carboxylic acids is 2. The van der Waals surface area contributed by atoms with Gasteiger partial charge in [0, 0.05) is 21.9 Å². The normalized spacial score (nSPS) is 11.2. The van der Waals surface area contributed by atoms with Gasteiger partial charge in [-0.3, -0.25) is 4.79 Å². The average molecular weight is 500 g/mol. The van der Waals surface area contributed by atoms with E-state index in [2.05, 4.69) is 38.2 Å². The largest absolute Gasteiger partial charge is 0.494 e. The molecule has 0 saturated heterocycles. The summed E-state index contributed by atoms with van der Waals surface area (Å²) in [5.41, 5.74) is 3.19. The van der Waals surface area contributed by atoms with E-state index in [0.29, 0.717) is 28.6 Å². The minimum Gasteiger partial charge on any atom is -0.494 e. The minimum atomic E-state index is -0.503. The summed E-state index contributed by atoms with van der Waals surface area (Å²) >= 11 is 7.50. The number of amides is 1. The van der Waals surface area contributed by atoms with Gasteiger partial charge in [-0.15, -0.1) is 11.3 Å². The third-order valence-electron chi connectivity index (χ3n) is 5.38. The molecule has 180 valence electrons. The van der Waals surface area contributed by atoms with Crippen LogP contribution in [0.15, 0.2) is 48.5 Å². The van der Waals surface area contributed by atoms with E-state index in [-0.39, 0.29) is 17.7 Å². The number of hydrogen-bond donors (Lipinski definition) is 1. The van der Waals surface area contributed by atoms with Crippen LogP contribution in [0.5, 0.6) is 5.75 Å². The lowest BCUT2D eigenvalue weighted by Gasteiger charge is -2.19. The second-order valence-electron chi connectivity index (χ2n) is 9.01. The number of halogens is 1. The fraction of sp³-hybridized carbons (Fsp3) is 0.333. The van der Waals surface area contributed by atoms with Crippen LogP contribution in [0.1, 0.15) is 54.4 Å². The summed E-state index contributed by atoms with van der Waals surface area (Å²) in [7, 11) is 1.33. The van der Waals surface area contributed by atoms with Gasteiger partial charge in [0.1, 0.15) is 16.3 Å². The van der Waals surface area contributed by atoms with Crippen molar-refractivity contribution >= 4 is 39.8 Å². The van der Waals surface area contributed by atoms with Crippen molar-refractivity contribution in [1.82, 2.24) is 0 Å². The van der Waals surface area contributed by atoms with Crippen molar-refractivity contribution in [3.8, 4) is 16.9 Å². The van der Waals surface area contributed by atoms with Crippen LogP contribution in [-0.4, -0.2) is 25.6 Å². The van der Waals surface area contributed by atoms with E-state index >= 15 is 0 Å². The Morgan fingerprint density at radius 2 is 1.79 bits per heavy atom. The molecule has 1 heterocycles. The van der Waals surface area contributed by atoms with E-state index in [4.69, 9.17) is 21.1 Å². The van der Waals surface area contributed by atoms with Gasteiger partial charge in [0.2, 0.25) is 5.91 Å². The SMILES string of the molecule is COC(=O)c1c(NC(=O)CCCOc2ccc(C(C)(C)C)cc2)sc(C)c1-c1cccc(Cl)c1. The third-order valence-corrected chi connectivity index (χ3v) is 6.63. The van der Waals surface area contributed by atoms with Gasteiger partial charge in [0.25, 0.3) is 0 Å². The maximum atomic E-state index is 12.6. The minimum absolute atomic E-state index is 0.0897. The Morgan fingerprint density at radius 1 is 1.09 bits per heavy atom. The van der Waals surface area contributed by atoms with E-state index in [1.807, 2.05) is 31.2 Å². The molecule has 0 radical (unpaired) electrons. The highest BCUT2D eigenvalue weighted by atomic mass is 35.5. The Morgan fingerprint density at radius 3 is 2.41 bits per heavy atom. The molecule has 0 spiro atoms. The molecular formula is C27H30ClNO4S. The van der Waals surface area contributed by atoms with Crippen molar-refractivity contribution in [2.75, 3.05) is 19.0 Å².